The third-order valence-electron chi connectivity index (χ3n) is 4.41. The number of amides is 1. The molecule has 1 heterocycles. The van der Waals surface area contributed by atoms with Crippen LogP contribution in [0.1, 0.15) is 13.8 Å². The number of benzene rings is 2. The summed E-state index contributed by atoms with van der Waals surface area (Å²) in [5, 5.41) is 8.13. The van der Waals surface area contributed by atoms with Gasteiger partial charge in [-0.2, -0.15) is 10.2 Å². The number of hydrogen-bond donors (Lipinski definition) is 0. The van der Waals surface area contributed by atoms with Gasteiger partial charge in [-0.25, -0.2) is 4.79 Å². The zero-order valence-electron chi connectivity index (χ0n) is 15.0. The highest BCUT2D eigenvalue weighted by Crippen LogP contribution is 2.37. The van der Waals surface area contributed by atoms with Crippen LogP contribution in [0, 0.1) is 0 Å². The molecule has 1 aliphatic rings. The fourth-order valence-electron chi connectivity index (χ4n) is 3.04. The summed E-state index contributed by atoms with van der Waals surface area (Å²) in [5.41, 5.74) is -0.685. The Kier molecular flexibility index (Phi) is 5.12. The van der Waals surface area contributed by atoms with Crippen LogP contribution in [0.4, 0.5) is 11.4 Å². The predicted octanol–water partition coefficient (Wildman–Crippen LogP) is 3.08. The zero-order valence-corrected chi connectivity index (χ0v) is 15.0. The molecular weight excluding hydrogens is 346 g/mol. The quantitative estimate of drug-likeness (QED) is 0.463. The molecule has 2 atom stereocenters. The third kappa shape index (κ3) is 3.23. The lowest BCUT2D eigenvalue weighted by molar-refractivity contribution is -0.150. The molecular formula is C20H19N3O4. The first kappa shape index (κ1) is 18.4. The molecule has 0 bridgehead atoms. The molecule has 0 spiro atoms. The highest BCUT2D eigenvalue weighted by molar-refractivity contribution is 6.48. The van der Waals surface area contributed by atoms with Gasteiger partial charge < -0.3 is 4.74 Å². The fraction of sp³-hybridized carbons (Fsp3) is 0.250. The van der Waals surface area contributed by atoms with E-state index in [-0.39, 0.29) is 6.61 Å². The smallest absolute Gasteiger partial charge is 0.334 e. The van der Waals surface area contributed by atoms with Crippen LogP contribution in [0.25, 0.3) is 0 Å². The summed E-state index contributed by atoms with van der Waals surface area (Å²) in [6, 6.07) is 16.0. The lowest BCUT2D eigenvalue weighted by atomic mass is 9.93. The lowest BCUT2D eigenvalue weighted by Gasteiger charge is -2.33. The van der Waals surface area contributed by atoms with E-state index in [0.717, 1.165) is 4.90 Å². The number of nitrogens with zero attached hydrogens (tertiary/aromatic N) is 3. The molecule has 2 aromatic carbocycles. The second-order valence-corrected chi connectivity index (χ2v) is 6.16. The Balaban J connectivity index is 2.08. The number of carbonyl (C=O) groups is 3. The molecule has 0 N–H and O–H groups in total. The van der Waals surface area contributed by atoms with E-state index in [2.05, 4.69) is 10.2 Å². The standard InChI is InChI=1S/C20H19N3O4/c1-3-27-19(26)20(2)17(22-21-14-10-6-4-7-11-14)16(24)18(25)23(20)15-12-8-5-9-13-15/h4-13,17H,3H2,1-2H3. The van der Waals surface area contributed by atoms with Crippen molar-refractivity contribution in [2.75, 3.05) is 11.5 Å². The number of esters is 1. The third-order valence-corrected chi connectivity index (χ3v) is 4.41. The van der Waals surface area contributed by atoms with Crippen molar-refractivity contribution in [3.8, 4) is 0 Å². The first-order valence-corrected chi connectivity index (χ1v) is 8.56. The molecule has 1 saturated heterocycles. The summed E-state index contributed by atoms with van der Waals surface area (Å²) in [7, 11) is 0. The van der Waals surface area contributed by atoms with Crippen molar-refractivity contribution in [2.45, 2.75) is 25.4 Å². The summed E-state index contributed by atoms with van der Waals surface area (Å²) in [4.78, 5) is 39.3. The van der Waals surface area contributed by atoms with E-state index in [0.29, 0.717) is 11.4 Å². The minimum absolute atomic E-state index is 0.113. The number of hydrogen-bond acceptors (Lipinski definition) is 6. The molecule has 1 fully saturated rings. The second-order valence-electron chi connectivity index (χ2n) is 6.16. The van der Waals surface area contributed by atoms with E-state index in [1.54, 1.807) is 61.5 Å². The molecule has 1 aliphatic heterocycles. The summed E-state index contributed by atoms with van der Waals surface area (Å²) in [5.74, 6) is -2.31. The van der Waals surface area contributed by atoms with Gasteiger partial charge in [0.1, 0.15) is 0 Å². The summed E-state index contributed by atoms with van der Waals surface area (Å²) >= 11 is 0. The normalized spacial score (nSPS) is 22.4. The Bertz CT molecular complexity index is 883. The van der Waals surface area contributed by atoms with Gasteiger partial charge >= 0.3 is 5.97 Å². The van der Waals surface area contributed by atoms with Crippen molar-refractivity contribution in [3.05, 3.63) is 60.7 Å². The summed E-state index contributed by atoms with van der Waals surface area (Å²) in [6.45, 7) is 3.25. The number of carbonyl (C=O) groups excluding carboxylic acids is 3. The average molecular weight is 365 g/mol. The lowest BCUT2D eigenvalue weighted by Crippen LogP contribution is -2.56. The van der Waals surface area contributed by atoms with Gasteiger partial charge in [0, 0.05) is 5.69 Å². The molecule has 3 rings (SSSR count). The molecule has 1 amide bonds. The van der Waals surface area contributed by atoms with Gasteiger partial charge in [0.05, 0.1) is 12.3 Å². The van der Waals surface area contributed by atoms with Crippen LogP contribution in [-0.4, -0.2) is 35.8 Å². The number of azo groups is 1. The van der Waals surface area contributed by atoms with Crippen LogP contribution in [0.5, 0.6) is 0 Å². The molecule has 2 unspecified atom stereocenters. The summed E-state index contributed by atoms with van der Waals surface area (Å²) < 4.78 is 5.17. The first-order chi connectivity index (χ1) is 13.0. The van der Waals surface area contributed by atoms with E-state index in [1.807, 2.05) is 6.07 Å². The number of para-hydroxylation sites is 1. The van der Waals surface area contributed by atoms with Gasteiger partial charge in [0.15, 0.2) is 11.6 Å². The molecule has 0 aromatic heterocycles. The van der Waals surface area contributed by atoms with Gasteiger partial charge in [-0.15, -0.1) is 0 Å². The maximum absolute atomic E-state index is 12.8. The molecule has 0 radical (unpaired) electrons. The maximum Gasteiger partial charge on any atom is 0.334 e. The predicted molar refractivity (Wildman–Crippen MR) is 98.7 cm³/mol. The molecule has 27 heavy (non-hydrogen) atoms. The Morgan fingerprint density at radius 1 is 1.07 bits per heavy atom. The van der Waals surface area contributed by atoms with E-state index in [1.165, 1.54) is 6.92 Å². The Hall–Kier alpha value is -3.35. The van der Waals surface area contributed by atoms with Gasteiger partial charge in [-0.05, 0) is 38.1 Å². The van der Waals surface area contributed by atoms with Crippen molar-refractivity contribution >= 4 is 29.0 Å². The fourth-order valence-corrected chi connectivity index (χ4v) is 3.04. The SMILES string of the molecule is CCOC(=O)C1(C)C(N=Nc2ccccc2)C(=O)C(=O)N1c1ccccc1. The number of anilines is 1. The van der Waals surface area contributed by atoms with Crippen molar-refractivity contribution in [1.82, 2.24) is 0 Å². The van der Waals surface area contributed by atoms with Crippen LogP contribution in [0.15, 0.2) is 70.9 Å². The van der Waals surface area contributed by atoms with Crippen molar-refractivity contribution in [1.29, 1.82) is 0 Å². The zero-order chi connectivity index (χ0) is 19.4. The van der Waals surface area contributed by atoms with Crippen LogP contribution in [-0.2, 0) is 19.1 Å². The van der Waals surface area contributed by atoms with Crippen LogP contribution >= 0.6 is 0 Å². The monoisotopic (exact) mass is 365 g/mol. The molecule has 0 saturated carbocycles. The van der Waals surface area contributed by atoms with Gasteiger partial charge in [-0.3, -0.25) is 14.5 Å². The number of ketones is 1. The van der Waals surface area contributed by atoms with Crippen LogP contribution in [0.3, 0.4) is 0 Å². The highest BCUT2D eigenvalue weighted by Gasteiger charge is 2.62. The average Bonchev–Trinajstić information content (AvgIpc) is 2.88. The van der Waals surface area contributed by atoms with Crippen molar-refractivity contribution in [2.24, 2.45) is 10.2 Å². The molecule has 7 nitrogen and oxygen atoms in total. The number of ether oxygens (including phenoxy) is 1. The minimum atomic E-state index is -1.62. The number of rotatable bonds is 5. The first-order valence-electron chi connectivity index (χ1n) is 8.56. The molecule has 7 heteroatoms. The largest absolute Gasteiger partial charge is 0.464 e. The Morgan fingerprint density at radius 2 is 1.67 bits per heavy atom. The second kappa shape index (κ2) is 7.49. The summed E-state index contributed by atoms with van der Waals surface area (Å²) in [6.07, 6.45) is 0. The van der Waals surface area contributed by atoms with Crippen LogP contribution < -0.4 is 4.90 Å². The maximum atomic E-state index is 12.8. The topological polar surface area (TPSA) is 88.4 Å². The number of Topliss-reactive ketones (excluding diaryl/α,β-unsaturated/α-hetero) is 1. The van der Waals surface area contributed by atoms with Crippen molar-refractivity contribution < 1.29 is 19.1 Å². The van der Waals surface area contributed by atoms with Gasteiger partial charge in [0.2, 0.25) is 5.78 Å². The van der Waals surface area contributed by atoms with E-state index in [4.69, 9.17) is 4.74 Å². The molecule has 138 valence electrons. The Morgan fingerprint density at radius 3 is 2.26 bits per heavy atom. The van der Waals surface area contributed by atoms with Gasteiger partial charge in [-0.1, -0.05) is 36.4 Å². The minimum Gasteiger partial charge on any atom is -0.464 e. The Labute approximate surface area is 156 Å². The van der Waals surface area contributed by atoms with Crippen LogP contribution in [0.2, 0.25) is 0 Å². The molecule has 0 aliphatic carbocycles. The molecule has 2 aromatic rings. The highest BCUT2D eigenvalue weighted by atomic mass is 16.5. The van der Waals surface area contributed by atoms with Gasteiger partial charge in [0.25, 0.3) is 5.91 Å². The van der Waals surface area contributed by atoms with Crippen molar-refractivity contribution in [3.63, 3.8) is 0 Å². The van der Waals surface area contributed by atoms with E-state index < -0.39 is 29.2 Å². The van der Waals surface area contributed by atoms with E-state index >= 15 is 0 Å². The van der Waals surface area contributed by atoms with E-state index in [9.17, 15) is 14.4 Å².